The van der Waals surface area contributed by atoms with E-state index < -0.39 is 35.2 Å². The lowest BCUT2D eigenvalue weighted by atomic mass is 9.76. The van der Waals surface area contributed by atoms with E-state index in [-0.39, 0.29) is 18.4 Å². The molecule has 3 heterocycles. The number of fused-ring (bicyclic) bond motifs is 4. The molecule has 8 nitrogen and oxygen atoms in total. The van der Waals surface area contributed by atoms with E-state index in [1.165, 1.54) is 9.80 Å². The molecule has 38 heavy (non-hydrogen) atoms. The van der Waals surface area contributed by atoms with E-state index in [2.05, 4.69) is 26.6 Å². The lowest BCUT2D eigenvalue weighted by Gasteiger charge is -2.30. The molecule has 0 saturated carbocycles. The van der Waals surface area contributed by atoms with Crippen molar-refractivity contribution in [2.75, 3.05) is 21.7 Å². The number of hydrogen-bond acceptors (Lipinski definition) is 5. The average molecular weight is 573 g/mol. The zero-order valence-corrected chi connectivity index (χ0v) is 22.4. The number of anilines is 3. The third-order valence-corrected chi connectivity index (χ3v) is 8.26. The van der Waals surface area contributed by atoms with Crippen molar-refractivity contribution in [3.63, 3.8) is 0 Å². The van der Waals surface area contributed by atoms with Crippen LogP contribution in [0.5, 0.6) is 0 Å². The van der Waals surface area contributed by atoms with E-state index in [1.54, 1.807) is 60.7 Å². The number of hydrogen-bond donors (Lipinski definition) is 2. The first-order valence-corrected chi connectivity index (χ1v) is 13.2. The standard InChI is InChI=1S/C29H25BrN4O4/c1-16-7-11-19(12-8-16)31-23(35)15-33-22-6-4-3-5-21(22)29(28(33)38)25-24(17(2)32-29)26(36)34(27(25)37)20-13-9-18(30)10-14-20/h3-14,17,24-25,32H,15H2,1-2H3,(H,31,35)/t17-,24+,25+,29+/m1/s1. The van der Waals surface area contributed by atoms with Crippen molar-refractivity contribution in [1.82, 2.24) is 5.32 Å². The zero-order valence-electron chi connectivity index (χ0n) is 20.8. The van der Waals surface area contributed by atoms with Gasteiger partial charge >= 0.3 is 0 Å². The molecule has 3 aromatic carbocycles. The topological polar surface area (TPSA) is 98.8 Å². The highest BCUT2D eigenvalue weighted by Crippen LogP contribution is 2.55. The Morgan fingerprint density at radius 3 is 2.37 bits per heavy atom. The van der Waals surface area contributed by atoms with E-state index in [0.29, 0.717) is 22.6 Å². The molecule has 192 valence electrons. The minimum absolute atomic E-state index is 0.225. The van der Waals surface area contributed by atoms with Gasteiger partial charge < -0.3 is 10.2 Å². The molecule has 0 unspecified atom stereocenters. The Balaban J connectivity index is 1.36. The van der Waals surface area contributed by atoms with Gasteiger partial charge in [-0.25, -0.2) is 4.90 Å². The maximum Gasteiger partial charge on any atom is 0.253 e. The van der Waals surface area contributed by atoms with Gasteiger partial charge in [0.2, 0.25) is 17.7 Å². The van der Waals surface area contributed by atoms with Crippen LogP contribution in [0.1, 0.15) is 18.1 Å². The number of imide groups is 1. The molecule has 2 N–H and O–H groups in total. The number of benzene rings is 3. The monoisotopic (exact) mass is 572 g/mol. The van der Waals surface area contributed by atoms with Gasteiger partial charge in [0.25, 0.3) is 5.91 Å². The number of rotatable bonds is 4. The van der Waals surface area contributed by atoms with Gasteiger partial charge in [0.05, 0.1) is 17.5 Å². The van der Waals surface area contributed by atoms with Gasteiger partial charge in [-0.1, -0.05) is 51.8 Å². The average Bonchev–Trinajstić information content (AvgIpc) is 3.44. The highest BCUT2D eigenvalue weighted by Gasteiger charge is 2.71. The van der Waals surface area contributed by atoms with Crippen LogP contribution in [0, 0.1) is 18.8 Å². The number of carbonyl (C=O) groups is 4. The largest absolute Gasteiger partial charge is 0.325 e. The van der Waals surface area contributed by atoms with Crippen molar-refractivity contribution in [2.45, 2.75) is 25.4 Å². The smallest absolute Gasteiger partial charge is 0.253 e. The molecule has 1 spiro atoms. The van der Waals surface area contributed by atoms with Crippen molar-refractivity contribution in [3.05, 3.63) is 88.4 Å². The third-order valence-electron chi connectivity index (χ3n) is 7.74. The lowest BCUT2D eigenvalue weighted by molar-refractivity contribution is -0.132. The molecule has 0 aromatic heterocycles. The molecule has 6 rings (SSSR count). The third kappa shape index (κ3) is 3.53. The van der Waals surface area contributed by atoms with Crippen LogP contribution in [-0.2, 0) is 24.7 Å². The normalized spacial score (nSPS) is 25.8. The highest BCUT2D eigenvalue weighted by atomic mass is 79.9. The van der Waals surface area contributed by atoms with Crippen molar-refractivity contribution in [3.8, 4) is 0 Å². The first-order valence-electron chi connectivity index (χ1n) is 12.4. The molecule has 0 aliphatic carbocycles. The molecule has 0 bridgehead atoms. The number of halogens is 1. The molecule has 3 aromatic rings. The Hall–Kier alpha value is -3.82. The summed E-state index contributed by atoms with van der Waals surface area (Å²) in [6, 6.07) is 21.1. The number of para-hydroxylation sites is 1. The van der Waals surface area contributed by atoms with Crippen LogP contribution in [0.3, 0.4) is 0 Å². The summed E-state index contributed by atoms with van der Waals surface area (Å²) in [7, 11) is 0. The summed E-state index contributed by atoms with van der Waals surface area (Å²) in [4.78, 5) is 57.4. The van der Waals surface area contributed by atoms with Gasteiger partial charge in [0, 0.05) is 27.5 Å². The maximum absolute atomic E-state index is 14.2. The quantitative estimate of drug-likeness (QED) is 0.464. The predicted octanol–water partition coefficient (Wildman–Crippen LogP) is 3.74. The van der Waals surface area contributed by atoms with Crippen LogP contribution in [0.4, 0.5) is 17.1 Å². The number of aryl methyl sites for hydroxylation is 1. The molecule has 0 radical (unpaired) electrons. The van der Waals surface area contributed by atoms with Crippen LogP contribution >= 0.6 is 15.9 Å². The fourth-order valence-corrected chi connectivity index (χ4v) is 6.36. The Kier molecular flexibility index (Phi) is 5.73. The van der Waals surface area contributed by atoms with Crippen LogP contribution in [0.15, 0.2) is 77.3 Å². The molecule has 3 aliphatic heterocycles. The maximum atomic E-state index is 14.2. The first-order chi connectivity index (χ1) is 18.2. The number of nitrogens with one attached hydrogen (secondary N) is 2. The fraction of sp³-hybridized carbons (Fsp3) is 0.241. The molecule has 4 amide bonds. The van der Waals surface area contributed by atoms with Gasteiger partial charge in [-0.15, -0.1) is 0 Å². The molecule has 2 saturated heterocycles. The molecular weight excluding hydrogens is 548 g/mol. The van der Waals surface area contributed by atoms with Crippen molar-refractivity contribution in [2.24, 2.45) is 11.8 Å². The van der Waals surface area contributed by atoms with Gasteiger partial charge in [0.1, 0.15) is 12.1 Å². The molecule has 2 fully saturated rings. The predicted molar refractivity (Wildman–Crippen MR) is 146 cm³/mol. The summed E-state index contributed by atoms with van der Waals surface area (Å²) < 4.78 is 0.825. The Morgan fingerprint density at radius 1 is 0.974 bits per heavy atom. The summed E-state index contributed by atoms with van der Waals surface area (Å²) in [6.07, 6.45) is 0. The number of amides is 4. The summed E-state index contributed by atoms with van der Waals surface area (Å²) >= 11 is 3.39. The van der Waals surface area contributed by atoms with Crippen LogP contribution < -0.4 is 20.4 Å². The van der Waals surface area contributed by atoms with Gasteiger partial charge in [-0.3, -0.25) is 24.5 Å². The van der Waals surface area contributed by atoms with Crippen LogP contribution in [0.2, 0.25) is 0 Å². The van der Waals surface area contributed by atoms with E-state index in [1.807, 2.05) is 26.0 Å². The van der Waals surface area contributed by atoms with Crippen molar-refractivity contribution >= 4 is 56.6 Å². The van der Waals surface area contributed by atoms with E-state index in [0.717, 1.165) is 10.0 Å². The highest BCUT2D eigenvalue weighted by molar-refractivity contribution is 9.10. The van der Waals surface area contributed by atoms with E-state index >= 15 is 0 Å². The Morgan fingerprint density at radius 2 is 1.66 bits per heavy atom. The zero-order chi connectivity index (χ0) is 26.8. The van der Waals surface area contributed by atoms with Crippen LogP contribution in [-0.4, -0.2) is 36.2 Å². The summed E-state index contributed by atoms with van der Waals surface area (Å²) in [5.74, 6) is -3.18. The lowest BCUT2D eigenvalue weighted by Crippen LogP contribution is -2.55. The summed E-state index contributed by atoms with van der Waals surface area (Å²) in [5.41, 5.74) is 1.88. The second-order valence-electron chi connectivity index (χ2n) is 10.1. The summed E-state index contributed by atoms with van der Waals surface area (Å²) in [5, 5.41) is 6.18. The Bertz CT molecular complexity index is 1490. The van der Waals surface area contributed by atoms with Crippen LogP contribution in [0.25, 0.3) is 0 Å². The number of carbonyl (C=O) groups excluding carboxylic acids is 4. The van der Waals surface area contributed by atoms with E-state index in [9.17, 15) is 19.2 Å². The van der Waals surface area contributed by atoms with E-state index in [4.69, 9.17) is 0 Å². The fourth-order valence-electron chi connectivity index (χ4n) is 6.09. The molecular formula is C29H25BrN4O4. The minimum atomic E-state index is -1.44. The SMILES string of the molecule is Cc1ccc(NC(=O)CN2C(=O)[C@]3(N[C@H](C)[C@@H]4C(=O)N(c5ccc(Br)cc5)C(=O)[C@H]43)c3ccccc32)cc1. The van der Waals surface area contributed by atoms with Crippen molar-refractivity contribution < 1.29 is 19.2 Å². The van der Waals surface area contributed by atoms with Gasteiger partial charge in [0.15, 0.2) is 0 Å². The van der Waals surface area contributed by atoms with Crippen molar-refractivity contribution in [1.29, 1.82) is 0 Å². The molecule has 3 aliphatic rings. The first kappa shape index (κ1) is 24.5. The van der Waals surface area contributed by atoms with Gasteiger partial charge in [-0.05, 0) is 56.3 Å². The minimum Gasteiger partial charge on any atom is -0.325 e. The molecule has 4 atom stereocenters. The summed E-state index contributed by atoms with van der Waals surface area (Å²) in [6.45, 7) is 3.56. The number of nitrogens with zero attached hydrogens (tertiary/aromatic N) is 2. The van der Waals surface area contributed by atoms with Gasteiger partial charge in [-0.2, -0.15) is 0 Å². The molecule has 9 heteroatoms. The second-order valence-corrected chi connectivity index (χ2v) is 11.0. The Labute approximate surface area is 228 Å². The second kappa shape index (κ2) is 8.89.